The largest absolute Gasteiger partial charge is 1.00 e. The molecule has 0 radical (unpaired) electrons. The summed E-state index contributed by atoms with van der Waals surface area (Å²) in [6.07, 6.45) is 1.97. The Hall–Kier alpha value is -0.533. The van der Waals surface area contributed by atoms with E-state index in [2.05, 4.69) is 38.7 Å². The average Bonchev–Trinajstić information content (AvgIpc) is 2.48. The molecule has 3 nitrogen and oxygen atoms in total. The third-order valence-corrected chi connectivity index (χ3v) is 3.92. The van der Waals surface area contributed by atoms with E-state index in [9.17, 15) is 4.39 Å². The number of benzene rings is 1. The number of ether oxygens (including phenoxy) is 1. The fraction of sp³-hybridized carbons (Fsp3) is 0.556. The van der Waals surface area contributed by atoms with Crippen LogP contribution in [-0.4, -0.2) is 36.7 Å². The minimum atomic E-state index is -0.412. The second-order valence-corrected chi connectivity index (χ2v) is 5.83. The summed E-state index contributed by atoms with van der Waals surface area (Å²) in [5.41, 5.74) is 5.50. The second kappa shape index (κ2) is 11.9. The molecule has 0 unspecified atom stereocenters. The predicted molar refractivity (Wildman–Crippen MR) is 89.5 cm³/mol. The van der Waals surface area contributed by atoms with Gasteiger partial charge in [0.05, 0.1) is 13.2 Å². The third-order valence-electron chi connectivity index (χ3n) is 3.92. The molecule has 23 heavy (non-hydrogen) atoms. The van der Waals surface area contributed by atoms with Crippen LogP contribution in [0.3, 0.4) is 0 Å². The zero-order valence-corrected chi connectivity index (χ0v) is 14.7. The topological polar surface area (TPSA) is 38.5 Å². The van der Waals surface area contributed by atoms with Crippen molar-refractivity contribution in [1.29, 1.82) is 0 Å². The van der Waals surface area contributed by atoms with Gasteiger partial charge in [-0.25, -0.2) is 4.39 Å². The maximum absolute atomic E-state index is 12.0. The van der Waals surface area contributed by atoms with Gasteiger partial charge in [0.2, 0.25) is 0 Å². The van der Waals surface area contributed by atoms with Gasteiger partial charge in [0.25, 0.3) is 0 Å². The van der Waals surface area contributed by atoms with E-state index < -0.39 is 5.82 Å². The van der Waals surface area contributed by atoms with Crippen molar-refractivity contribution in [3.8, 4) is 0 Å². The first kappa shape index (κ1) is 22.5. The van der Waals surface area contributed by atoms with Crippen LogP contribution in [0.25, 0.3) is 0 Å². The Morgan fingerprint density at radius 1 is 1.30 bits per heavy atom. The van der Waals surface area contributed by atoms with Crippen molar-refractivity contribution < 1.29 is 28.0 Å². The molecule has 2 atom stereocenters. The van der Waals surface area contributed by atoms with E-state index in [0.29, 0.717) is 23.7 Å². The summed E-state index contributed by atoms with van der Waals surface area (Å²) in [5, 5.41) is 0. The Labute approximate surface area is 152 Å². The molecular weight excluding hydrogens is 286 g/mol. The van der Waals surface area contributed by atoms with E-state index in [0.717, 1.165) is 32.6 Å². The van der Waals surface area contributed by atoms with E-state index >= 15 is 0 Å². The molecule has 1 aromatic rings. The van der Waals surface area contributed by atoms with Gasteiger partial charge in [-0.15, -0.1) is 18.2 Å². The maximum Gasteiger partial charge on any atom is 1.00 e. The van der Waals surface area contributed by atoms with Gasteiger partial charge < -0.3 is 24.3 Å². The number of hydrogen-bond acceptors (Lipinski definition) is 3. The molecule has 1 heterocycles. The normalized spacial score (nSPS) is 21.3. The van der Waals surface area contributed by atoms with E-state index in [-0.39, 0.29) is 18.9 Å². The third kappa shape index (κ3) is 8.22. The van der Waals surface area contributed by atoms with Crippen molar-refractivity contribution in [2.75, 3.05) is 25.5 Å². The number of nitrogens with zero attached hydrogens (tertiary/aromatic N) is 1. The summed E-state index contributed by atoms with van der Waals surface area (Å²) >= 11 is 0. The second-order valence-electron chi connectivity index (χ2n) is 5.83. The van der Waals surface area contributed by atoms with Crippen LogP contribution in [0.1, 0.15) is 26.7 Å². The monoisotopic (exact) mass is 314 g/mol. The molecule has 126 valence electrons. The van der Waals surface area contributed by atoms with Gasteiger partial charge in [0.1, 0.15) is 0 Å². The molecule has 0 saturated carbocycles. The fourth-order valence-electron chi connectivity index (χ4n) is 2.48. The molecule has 0 aromatic heterocycles. The molecule has 0 aliphatic carbocycles. The molecule has 1 aliphatic rings. The van der Waals surface area contributed by atoms with Crippen LogP contribution in [0.2, 0.25) is 0 Å². The maximum atomic E-state index is 12.0. The number of nitrogen functional groups attached to an aromatic ring is 1. The summed E-state index contributed by atoms with van der Waals surface area (Å²) in [4.78, 5) is 2.53. The smallest absolute Gasteiger partial charge is 0.420 e. The number of nitrogens with two attached hydrogens (primary N) is 1. The Balaban J connectivity index is 0.000000460. The van der Waals surface area contributed by atoms with Gasteiger partial charge in [0.15, 0.2) is 0 Å². The van der Waals surface area contributed by atoms with Crippen LogP contribution in [0.4, 0.5) is 10.1 Å². The zero-order chi connectivity index (χ0) is 16.5. The minimum Gasteiger partial charge on any atom is -0.420 e. The van der Waals surface area contributed by atoms with Crippen LogP contribution >= 0.6 is 0 Å². The molecule has 1 aromatic carbocycles. The first-order valence-electron chi connectivity index (χ1n) is 7.83. The van der Waals surface area contributed by atoms with E-state index in [1.807, 2.05) is 0 Å². The van der Waals surface area contributed by atoms with Gasteiger partial charge >= 0.3 is 18.9 Å². The first-order chi connectivity index (χ1) is 10.5. The summed E-state index contributed by atoms with van der Waals surface area (Å²) in [6.45, 7) is 15.3. The van der Waals surface area contributed by atoms with Gasteiger partial charge in [0, 0.05) is 17.9 Å². The van der Waals surface area contributed by atoms with E-state index in [1.165, 1.54) is 6.07 Å². The van der Waals surface area contributed by atoms with Gasteiger partial charge in [-0.05, 0) is 20.4 Å². The molecule has 1 aliphatic heterocycles. The van der Waals surface area contributed by atoms with Crippen molar-refractivity contribution in [3.05, 3.63) is 43.9 Å². The summed E-state index contributed by atoms with van der Waals surface area (Å²) in [5.74, 6) is 0.225. The van der Waals surface area contributed by atoms with Crippen LogP contribution in [-0.2, 0) is 4.74 Å². The Kier molecular flexibility index (Phi) is 11.6. The van der Waals surface area contributed by atoms with Crippen molar-refractivity contribution in [2.24, 2.45) is 5.92 Å². The fourth-order valence-corrected chi connectivity index (χ4v) is 2.48. The molecule has 0 bridgehead atoms. The quantitative estimate of drug-likeness (QED) is 0.496. The van der Waals surface area contributed by atoms with Gasteiger partial charge in [-0.2, -0.15) is 18.9 Å². The molecular formula is C18H28FLiN2O-2. The standard InChI is InChI=1S/C12H23NO.C6H5FN.Li/c1-5-12(6-2)7-13-10(3)8-14-9-11(13)4;7-5-2-1-3-6(8)4-5;/h10-12H,1-2,5-9H2,3-4H3;1-3H,8H2;/q-2;-1;+1/t10-,11-;;/m0../s1. The van der Waals surface area contributed by atoms with Crippen LogP contribution in [0.15, 0.2) is 18.2 Å². The van der Waals surface area contributed by atoms with E-state index in [1.54, 1.807) is 12.1 Å². The van der Waals surface area contributed by atoms with Gasteiger partial charge in [-0.3, -0.25) is 4.90 Å². The SMILES string of the molecule is Nc1[c-]c(F)ccc1.[CH2-]CC(C[CH2-])CN1[C@@H](C)COC[C@@H]1C.[Li+]. The number of anilines is 1. The molecule has 0 spiro atoms. The minimum absolute atomic E-state index is 0. The number of halogens is 1. The number of morpholine rings is 1. The molecule has 1 fully saturated rings. The van der Waals surface area contributed by atoms with Crippen LogP contribution in [0.5, 0.6) is 0 Å². The zero-order valence-electron chi connectivity index (χ0n) is 14.7. The van der Waals surface area contributed by atoms with Crippen LogP contribution in [0, 0.1) is 31.6 Å². The van der Waals surface area contributed by atoms with Gasteiger partial charge in [-0.1, -0.05) is 11.6 Å². The van der Waals surface area contributed by atoms with Crippen molar-refractivity contribution in [3.63, 3.8) is 0 Å². The number of rotatable bonds is 4. The Bertz CT molecular complexity index is 402. The summed E-state index contributed by atoms with van der Waals surface area (Å²) in [7, 11) is 0. The summed E-state index contributed by atoms with van der Waals surface area (Å²) in [6, 6.07) is 7.79. The molecule has 0 amide bonds. The molecule has 5 heteroatoms. The Morgan fingerprint density at radius 2 is 1.87 bits per heavy atom. The van der Waals surface area contributed by atoms with Crippen molar-refractivity contribution in [1.82, 2.24) is 4.90 Å². The molecule has 1 saturated heterocycles. The first-order valence-corrected chi connectivity index (χ1v) is 7.83. The Morgan fingerprint density at radius 3 is 2.26 bits per heavy atom. The van der Waals surface area contributed by atoms with Crippen LogP contribution < -0.4 is 24.6 Å². The molecule has 2 N–H and O–H groups in total. The van der Waals surface area contributed by atoms with Crippen molar-refractivity contribution in [2.45, 2.75) is 38.8 Å². The van der Waals surface area contributed by atoms with E-state index in [4.69, 9.17) is 10.5 Å². The van der Waals surface area contributed by atoms with Crippen molar-refractivity contribution >= 4 is 5.69 Å². The number of hydrogen-bond donors (Lipinski definition) is 1. The average molecular weight is 314 g/mol. The molecule has 2 rings (SSSR count). The summed E-state index contributed by atoms with van der Waals surface area (Å²) < 4.78 is 17.5. The predicted octanol–water partition coefficient (Wildman–Crippen LogP) is 0.372.